The highest BCUT2D eigenvalue weighted by Crippen LogP contribution is 2.33. The van der Waals surface area contributed by atoms with Crippen molar-refractivity contribution in [1.29, 1.82) is 0 Å². The van der Waals surface area contributed by atoms with E-state index < -0.39 is 0 Å². The quantitative estimate of drug-likeness (QED) is 0.713. The summed E-state index contributed by atoms with van der Waals surface area (Å²) in [5, 5.41) is 7.55. The van der Waals surface area contributed by atoms with Gasteiger partial charge < -0.3 is 19.5 Å². The summed E-state index contributed by atoms with van der Waals surface area (Å²) in [5.41, 5.74) is 2.83. The van der Waals surface area contributed by atoms with Crippen molar-refractivity contribution in [3.63, 3.8) is 0 Å². The first kappa shape index (κ1) is 19.9. The Bertz CT molecular complexity index is 1090. The van der Waals surface area contributed by atoms with E-state index in [1.807, 2.05) is 11.8 Å². The third-order valence-corrected chi connectivity index (χ3v) is 5.50. The topological polar surface area (TPSA) is 97.6 Å². The summed E-state index contributed by atoms with van der Waals surface area (Å²) in [4.78, 5) is 31.7. The maximum absolute atomic E-state index is 13.0. The Labute approximate surface area is 174 Å². The fourth-order valence-electron chi connectivity index (χ4n) is 3.99. The lowest BCUT2D eigenvalue weighted by Crippen LogP contribution is -2.39. The first-order valence-corrected chi connectivity index (χ1v) is 9.94. The van der Waals surface area contributed by atoms with Gasteiger partial charge in [0.05, 0.1) is 23.8 Å². The number of nitrogens with one attached hydrogen (secondary N) is 1. The highest BCUT2D eigenvalue weighted by atomic mass is 16.5. The molecular weight excluding hydrogens is 384 g/mol. The number of carbonyl (C=O) groups excluding carboxylic acids is 2. The molecule has 0 radical (unpaired) electrons. The molecule has 1 aliphatic rings. The SMILES string of the molecule is CNC(=O)c1cc(C)nc2onc(C3CCCN(C(=O)c4ccc(OC)cc4)C3)c12. The predicted octanol–water partition coefficient (Wildman–Crippen LogP) is 2.92. The number of rotatable bonds is 4. The van der Waals surface area contributed by atoms with Crippen molar-refractivity contribution in [2.24, 2.45) is 0 Å². The molecule has 0 bridgehead atoms. The number of carbonyl (C=O) groups is 2. The van der Waals surface area contributed by atoms with Gasteiger partial charge in [-0.25, -0.2) is 4.98 Å². The summed E-state index contributed by atoms with van der Waals surface area (Å²) < 4.78 is 10.6. The smallest absolute Gasteiger partial charge is 0.259 e. The third kappa shape index (κ3) is 3.60. The number of hydrogen-bond donors (Lipinski definition) is 1. The number of hydrogen-bond acceptors (Lipinski definition) is 6. The molecule has 3 heterocycles. The van der Waals surface area contributed by atoms with Crippen molar-refractivity contribution in [3.8, 4) is 5.75 Å². The van der Waals surface area contributed by atoms with Crippen LogP contribution in [0.3, 0.4) is 0 Å². The van der Waals surface area contributed by atoms with E-state index in [9.17, 15) is 9.59 Å². The van der Waals surface area contributed by atoms with Crippen LogP contribution in [-0.4, -0.2) is 54.1 Å². The average Bonchev–Trinajstić information content (AvgIpc) is 3.21. The van der Waals surface area contributed by atoms with Gasteiger partial charge in [0.15, 0.2) is 0 Å². The normalized spacial score (nSPS) is 16.5. The van der Waals surface area contributed by atoms with Gasteiger partial charge in [-0.05, 0) is 50.1 Å². The van der Waals surface area contributed by atoms with E-state index in [0.29, 0.717) is 52.5 Å². The largest absolute Gasteiger partial charge is 0.497 e. The van der Waals surface area contributed by atoms with Crippen LogP contribution in [0.5, 0.6) is 5.75 Å². The number of benzene rings is 1. The van der Waals surface area contributed by atoms with Crippen molar-refractivity contribution in [2.75, 3.05) is 27.2 Å². The third-order valence-electron chi connectivity index (χ3n) is 5.50. The fourth-order valence-corrected chi connectivity index (χ4v) is 3.99. The zero-order chi connectivity index (χ0) is 21.3. The lowest BCUT2D eigenvalue weighted by molar-refractivity contribution is 0.0704. The summed E-state index contributed by atoms with van der Waals surface area (Å²) in [7, 11) is 3.19. The lowest BCUT2D eigenvalue weighted by Gasteiger charge is -2.32. The minimum absolute atomic E-state index is 0.0318. The van der Waals surface area contributed by atoms with Crippen LogP contribution in [0.2, 0.25) is 0 Å². The molecule has 0 saturated carbocycles. The summed E-state index contributed by atoms with van der Waals surface area (Å²) in [5.74, 6) is 0.435. The van der Waals surface area contributed by atoms with Crippen LogP contribution >= 0.6 is 0 Å². The van der Waals surface area contributed by atoms with Gasteiger partial charge in [-0.15, -0.1) is 0 Å². The van der Waals surface area contributed by atoms with E-state index in [0.717, 1.165) is 12.8 Å². The maximum atomic E-state index is 13.0. The van der Waals surface area contributed by atoms with Crippen molar-refractivity contribution in [2.45, 2.75) is 25.7 Å². The number of methoxy groups -OCH3 is 1. The predicted molar refractivity (Wildman–Crippen MR) is 111 cm³/mol. The second-order valence-electron chi connectivity index (χ2n) is 7.46. The summed E-state index contributed by atoms with van der Waals surface area (Å²) in [6.45, 7) is 2.99. The van der Waals surface area contributed by atoms with Gasteiger partial charge in [-0.1, -0.05) is 5.16 Å². The second-order valence-corrected chi connectivity index (χ2v) is 7.46. The molecule has 1 fully saturated rings. The number of pyridine rings is 1. The minimum atomic E-state index is -0.211. The first-order valence-electron chi connectivity index (χ1n) is 9.94. The number of aryl methyl sites for hydroxylation is 1. The van der Waals surface area contributed by atoms with Gasteiger partial charge in [0.1, 0.15) is 5.75 Å². The van der Waals surface area contributed by atoms with Gasteiger partial charge in [-0.3, -0.25) is 9.59 Å². The van der Waals surface area contributed by atoms with Crippen LogP contribution in [0.4, 0.5) is 0 Å². The molecule has 8 nitrogen and oxygen atoms in total. The van der Waals surface area contributed by atoms with E-state index in [1.54, 1.807) is 44.5 Å². The molecule has 2 aromatic heterocycles. The molecule has 1 saturated heterocycles. The molecule has 3 aromatic rings. The maximum Gasteiger partial charge on any atom is 0.259 e. The Hall–Kier alpha value is -3.42. The van der Waals surface area contributed by atoms with Crippen LogP contribution in [0.25, 0.3) is 11.1 Å². The van der Waals surface area contributed by atoms with Gasteiger partial charge in [0.25, 0.3) is 17.5 Å². The minimum Gasteiger partial charge on any atom is -0.497 e. The van der Waals surface area contributed by atoms with Crippen LogP contribution in [0.15, 0.2) is 34.9 Å². The molecule has 1 aliphatic heterocycles. The summed E-state index contributed by atoms with van der Waals surface area (Å²) in [6, 6.07) is 8.84. The number of nitrogens with zero attached hydrogens (tertiary/aromatic N) is 3. The van der Waals surface area contributed by atoms with Crippen molar-refractivity contribution in [1.82, 2.24) is 20.4 Å². The fraction of sp³-hybridized carbons (Fsp3) is 0.364. The molecule has 8 heteroatoms. The van der Waals surface area contributed by atoms with Crippen LogP contribution < -0.4 is 10.1 Å². The zero-order valence-corrected chi connectivity index (χ0v) is 17.3. The number of amides is 2. The van der Waals surface area contributed by atoms with Crippen LogP contribution in [-0.2, 0) is 0 Å². The molecule has 156 valence electrons. The number of ether oxygens (including phenoxy) is 1. The Morgan fingerprint density at radius 2 is 2.03 bits per heavy atom. The van der Waals surface area contributed by atoms with Crippen molar-refractivity contribution >= 4 is 22.9 Å². The van der Waals surface area contributed by atoms with Gasteiger partial charge in [0, 0.05) is 37.3 Å². The number of piperidine rings is 1. The number of likely N-dealkylation sites (tertiary alicyclic amines) is 1. The number of fused-ring (bicyclic) bond motifs is 1. The van der Waals surface area contributed by atoms with Crippen molar-refractivity contribution in [3.05, 3.63) is 52.8 Å². The molecule has 0 aliphatic carbocycles. The Balaban J connectivity index is 1.64. The molecule has 30 heavy (non-hydrogen) atoms. The first-order chi connectivity index (χ1) is 14.5. The molecular formula is C22H24N4O4. The van der Waals surface area contributed by atoms with Gasteiger partial charge in [-0.2, -0.15) is 0 Å². The molecule has 1 unspecified atom stereocenters. The molecule has 2 amide bonds. The molecule has 4 rings (SSSR count). The lowest BCUT2D eigenvalue weighted by atomic mass is 9.91. The Kier molecular flexibility index (Phi) is 5.39. The molecule has 1 aromatic carbocycles. The molecule has 1 atom stereocenters. The van der Waals surface area contributed by atoms with E-state index in [4.69, 9.17) is 9.26 Å². The summed E-state index contributed by atoms with van der Waals surface area (Å²) in [6.07, 6.45) is 1.70. The second kappa shape index (κ2) is 8.14. The highest BCUT2D eigenvalue weighted by Gasteiger charge is 2.31. The Morgan fingerprint density at radius 1 is 1.27 bits per heavy atom. The molecule has 1 N–H and O–H groups in total. The standard InChI is InChI=1S/C22H24N4O4/c1-13-11-17(20(27)23-2)18-19(25-30-21(18)24-13)15-5-4-10-26(12-15)22(28)14-6-8-16(29-3)9-7-14/h6-9,11,15H,4-5,10,12H2,1-3H3,(H,23,27). The van der Waals surface area contributed by atoms with E-state index in [2.05, 4.69) is 15.5 Å². The molecule has 0 spiro atoms. The Morgan fingerprint density at radius 3 is 2.73 bits per heavy atom. The van der Waals surface area contributed by atoms with Crippen LogP contribution in [0, 0.1) is 6.92 Å². The summed E-state index contributed by atoms with van der Waals surface area (Å²) >= 11 is 0. The van der Waals surface area contributed by atoms with Gasteiger partial charge in [0.2, 0.25) is 0 Å². The van der Waals surface area contributed by atoms with Gasteiger partial charge >= 0.3 is 0 Å². The van der Waals surface area contributed by atoms with E-state index >= 15 is 0 Å². The number of aromatic nitrogens is 2. The monoisotopic (exact) mass is 408 g/mol. The van der Waals surface area contributed by atoms with E-state index in [-0.39, 0.29) is 17.7 Å². The average molecular weight is 408 g/mol. The highest BCUT2D eigenvalue weighted by molar-refractivity contribution is 6.06. The van der Waals surface area contributed by atoms with Crippen molar-refractivity contribution < 1.29 is 18.8 Å². The van der Waals surface area contributed by atoms with E-state index in [1.165, 1.54) is 0 Å². The zero-order valence-electron chi connectivity index (χ0n) is 17.3. The van der Waals surface area contributed by atoms with Crippen LogP contribution in [0.1, 0.15) is 50.9 Å².